The fourth-order valence-electron chi connectivity index (χ4n) is 2.16. The molecular formula is C13H12BrN3O3. The van der Waals surface area contributed by atoms with E-state index in [0.717, 1.165) is 16.9 Å². The number of halogens is 1. The van der Waals surface area contributed by atoms with Crippen molar-refractivity contribution in [1.82, 2.24) is 9.55 Å². The van der Waals surface area contributed by atoms with E-state index in [-0.39, 0.29) is 12.4 Å². The van der Waals surface area contributed by atoms with Crippen molar-refractivity contribution in [1.29, 1.82) is 0 Å². The van der Waals surface area contributed by atoms with Crippen molar-refractivity contribution in [2.45, 2.75) is 13.2 Å². The Hall–Kier alpha value is -1.86. The second kappa shape index (κ2) is 5.26. The molecular weight excluding hydrogens is 326 g/mol. The van der Waals surface area contributed by atoms with Crippen LogP contribution in [0.5, 0.6) is 5.75 Å². The van der Waals surface area contributed by atoms with Gasteiger partial charge in [-0.25, -0.2) is 4.98 Å². The van der Waals surface area contributed by atoms with Gasteiger partial charge in [-0.2, -0.15) is 0 Å². The van der Waals surface area contributed by atoms with Crippen LogP contribution in [0.15, 0.2) is 33.9 Å². The third-order valence-electron chi connectivity index (χ3n) is 3.01. The summed E-state index contributed by atoms with van der Waals surface area (Å²) in [6.07, 6.45) is 2.96. The average molecular weight is 338 g/mol. The molecule has 1 aliphatic rings. The summed E-state index contributed by atoms with van der Waals surface area (Å²) in [5.41, 5.74) is 8.08. The number of rotatable bonds is 2. The van der Waals surface area contributed by atoms with Crippen molar-refractivity contribution >= 4 is 21.6 Å². The minimum atomic E-state index is -0.150. The predicted molar refractivity (Wildman–Crippen MR) is 76.4 cm³/mol. The van der Waals surface area contributed by atoms with Gasteiger partial charge in [0.25, 0.3) is 5.56 Å². The van der Waals surface area contributed by atoms with Crippen molar-refractivity contribution in [3.63, 3.8) is 0 Å². The molecule has 0 atom stereocenters. The van der Waals surface area contributed by atoms with Crippen LogP contribution in [0.1, 0.15) is 11.1 Å². The molecule has 0 amide bonds. The minimum Gasteiger partial charge on any atom is -0.467 e. The first kappa shape index (κ1) is 13.1. The molecule has 104 valence electrons. The van der Waals surface area contributed by atoms with Crippen LogP contribution in [-0.2, 0) is 17.9 Å². The normalized spacial score (nSPS) is 13.7. The molecule has 2 heterocycles. The van der Waals surface area contributed by atoms with Gasteiger partial charge in [0.2, 0.25) is 0 Å². The largest absolute Gasteiger partial charge is 0.467 e. The monoisotopic (exact) mass is 337 g/mol. The highest BCUT2D eigenvalue weighted by molar-refractivity contribution is 9.10. The van der Waals surface area contributed by atoms with Gasteiger partial charge >= 0.3 is 0 Å². The van der Waals surface area contributed by atoms with Gasteiger partial charge in [-0.1, -0.05) is 0 Å². The molecule has 0 bridgehead atoms. The third-order valence-corrected chi connectivity index (χ3v) is 3.55. The molecule has 0 fully saturated rings. The summed E-state index contributed by atoms with van der Waals surface area (Å²) in [5, 5.41) is 0. The highest BCUT2D eigenvalue weighted by Gasteiger charge is 2.17. The smallest absolute Gasteiger partial charge is 0.267 e. The van der Waals surface area contributed by atoms with Gasteiger partial charge in [0.05, 0.1) is 19.5 Å². The van der Waals surface area contributed by atoms with Crippen molar-refractivity contribution in [2.24, 2.45) is 0 Å². The van der Waals surface area contributed by atoms with Gasteiger partial charge in [-0.05, 0) is 28.1 Å². The quantitative estimate of drug-likeness (QED) is 0.840. The van der Waals surface area contributed by atoms with Crippen LogP contribution >= 0.6 is 15.9 Å². The van der Waals surface area contributed by atoms with E-state index in [4.69, 9.17) is 15.2 Å². The number of anilines is 1. The summed E-state index contributed by atoms with van der Waals surface area (Å²) in [6.45, 7) is 1.01. The lowest BCUT2D eigenvalue weighted by atomic mass is 10.1. The summed E-state index contributed by atoms with van der Waals surface area (Å²) in [7, 11) is 0. The SMILES string of the molecule is Nc1cc2c(c(Cn3cncc(Br)c3=O)c1)OCOC2. The highest BCUT2D eigenvalue weighted by Crippen LogP contribution is 2.31. The standard InChI is InChI=1S/C13H12BrN3O3/c14-11-3-16-6-17(13(11)18)4-8-1-10(15)2-9-5-19-7-20-12(8)9/h1-3,6H,4-5,7,15H2. The second-order valence-corrected chi connectivity index (χ2v) is 5.31. The molecule has 6 nitrogen and oxygen atoms in total. The number of hydrogen-bond acceptors (Lipinski definition) is 5. The first-order chi connectivity index (χ1) is 9.65. The maximum atomic E-state index is 12.0. The molecule has 0 aliphatic carbocycles. The van der Waals surface area contributed by atoms with Gasteiger partial charge in [-0.15, -0.1) is 0 Å². The fraction of sp³-hybridized carbons (Fsp3) is 0.231. The second-order valence-electron chi connectivity index (χ2n) is 4.45. The Morgan fingerprint density at radius 2 is 2.30 bits per heavy atom. The van der Waals surface area contributed by atoms with Crippen LogP contribution in [0.3, 0.4) is 0 Å². The van der Waals surface area contributed by atoms with E-state index in [9.17, 15) is 4.79 Å². The van der Waals surface area contributed by atoms with Crippen molar-refractivity contribution in [2.75, 3.05) is 12.5 Å². The summed E-state index contributed by atoms with van der Waals surface area (Å²) in [4.78, 5) is 16.0. The lowest BCUT2D eigenvalue weighted by molar-refractivity contribution is -0.0170. The highest BCUT2D eigenvalue weighted by atomic mass is 79.9. The molecule has 1 aromatic heterocycles. The number of nitrogens with zero attached hydrogens (tertiary/aromatic N) is 2. The maximum absolute atomic E-state index is 12.0. The molecule has 0 spiro atoms. The van der Waals surface area contributed by atoms with Crippen LogP contribution in [0, 0.1) is 0 Å². The Bertz CT molecular complexity index is 714. The van der Waals surface area contributed by atoms with E-state index in [1.807, 2.05) is 6.07 Å². The van der Waals surface area contributed by atoms with Crippen LogP contribution in [-0.4, -0.2) is 16.3 Å². The molecule has 0 saturated carbocycles. The summed E-state index contributed by atoms with van der Waals surface area (Å²) < 4.78 is 12.7. The number of benzene rings is 1. The molecule has 2 aromatic rings. The van der Waals surface area contributed by atoms with E-state index >= 15 is 0 Å². The van der Waals surface area contributed by atoms with Crippen LogP contribution < -0.4 is 16.0 Å². The Morgan fingerprint density at radius 1 is 1.45 bits per heavy atom. The number of nitrogen functional groups attached to an aromatic ring is 1. The number of ether oxygens (including phenoxy) is 2. The molecule has 7 heteroatoms. The number of fused-ring (bicyclic) bond motifs is 1. The minimum absolute atomic E-state index is 0.150. The van der Waals surface area contributed by atoms with E-state index in [1.165, 1.54) is 17.1 Å². The zero-order chi connectivity index (χ0) is 14.1. The van der Waals surface area contributed by atoms with Crippen molar-refractivity contribution in [3.05, 3.63) is 50.6 Å². The van der Waals surface area contributed by atoms with E-state index in [1.54, 1.807) is 6.07 Å². The van der Waals surface area contributed by atoms with Gasteiger partial charge in [0.15, 0.2) is 6.79 Å². The van der Waals surface area contributed by atoms with E-state index in [2.05, 4.69) is 20.9 Å². The molecule has 2 N–H and O–H groups in total. The van der Waals surface area contributed by atoms with Gasteiger partial charge in [0, 0.05) is 23.0 Å². The van der Waals surface area contributed by atoms with Gasteiger partial charge < -0.3 is 15.2 Å². The topological polar surface area (TPSA) is 79.4 Å². The molecule has 20 heavy (non-hydrogen) atoms. The van der Waals surface area contributed by atoms with Gasteiger partial charge in [-0.3, -0.25) is 9.36 Å². The summed E-state index contributed by atoms with van der Waals surface area (Å²) in [6, 6.07) is 3.62. The molecule has 1 aromatic carbocycles. The molecule has 0 radical (unpaired) electrons. The molecule has 0 unspecified atom stereocenters. The summed E-state index contributed by atoms with van der Waals surface area (Å²) >= 11 is 3.18. The number of hydrogen-bond donors (Lipinski definition) is 1. The summed E-state index contributed by atoms with van der Waals surface area (Å²) in [5.74, 6) is 0.734. The Kier molecular flexibility index (Phi) is 3.45. The van der Waals surface area contributed by atoms with Crippen LogP contribution in [0.2, 0.25) is 0 Å². The zero-order valence-corrected chi connectivity index (χ0v) is 12.1. The fourth-order valence-corrected chi connectivity index (χ4v) is 2.51. The Labute approximate surface area is 123 Å². The Morgan fingerprint density at radius 3 is 3.15 bits per heavy atom. The number of nitrogens with two attached hydrogens (primary N) is 1. The first-order valence-corrected chi connectivity index (χ1v) is 6.76. The van der Waals surface area contributed by atoms with Gasteiger partial charge in [0.1, 0.15) is 10.2 Å². The molecule has 3 rings (SSSR count). The van der Waals surface area contributed by atoms with Crippen molar-refractivity contribution in [3.8, 4) is 5.75 Å². The average Bonchev–Trinajstić information content (AvgIpc) is 2.43. The van der Waals surface area contributed by atoms with Crippen molar-refractivity contribution < 1.29 is 9.47 Å². The molecule has 0 saturated heterocycles. The maximum Gasteiger partial charge on any atom is 0.267 e. The zero-order valence-electron chi connectivity index (χ0n) is 10.5. The third kappa shape index (κ3) is 2.41. The van der Waals surface area contributed by atoms with E-state index < -0.39 is 0 Å². The predicted octanol–water partition coefficient (Wildman–Crippen LogP) is 1.50. The first-order valence-electron chi connectivity index (χ1n) is 5.97. The van der Waals surface area contributed by atoms with E-state index in [0.29, 0.717) is 23.3 Å². The Balaban J connectivity index is 2.04. The van der Waals surface area contributed by atoms with Crippen LogP contribution in [0.4, 0.5) is 5.69 Å². The lowest BCUT2D eigenvalue weighted by Gasteiger charge is -2.21. The lowest BCUT2D eigenvalue weighted by Crippen LogP contribution is -2.22. The van der Waals surface area contributed by atoms with Crippen LogP contribution in [0.25, 0.3) is 0 Å². The molecule has 1 aliphatic heterocycles. The number of aromatic nitrogens is 2.